The summed E-state index contributed by atoms with van der Waals surface area (Å²) in [5, 5.41) is 3.75. The lowest BCUT2D eigenvalue weighted by Gasteiger charge is -2.34. The topological polar surface area (TPSA) is 86.8 Å². The fourth-order valence-corrected chi connectivity index (χ4v) is 6.81. The third-order valence-electron chi connectivity index (χ3n) is 6.98. The van der Waals surface area contributed by atoms with Crippen molar-refractivity contribution in [1.82, 2.24) is 10.2 Å². The Morgan fingerprint density at radius 1 is 0.778 bits per heavy atom. The largest absolute Gasteiger partial charge is 0.354 e. The molecule has 0 radical (unpaired) electrons. The quantitative estimate of drug-likeness (QED) is 0.161. The summed E-state index contributed by atoms with van der Waals surface area (Å²) in [6, 6.07) is 27.5. The van der Waals surface area contributed by atoms with Crippen molar-refractivity contribution in [3.63, 3.8) is 0 Å². The molecule has 0 bridgehead atoms. The molecule has 4 rings (SSSR count). The van der Waals surface area contributed by atoms with Crippen LogP contribution in [0.2, 0.25) is 15.1 Å². The zero-order valence-electron chi connectivity index (χ0n) is 24.9. The van der Waals surface area contributed by atoms with Crippen LogP contribution in [-0.2, 0) is 32.6 Å². The molecule has 236 valence electrons. The summed E-state index contributed by atoms with van der Waals surface area (Å²) in [5.41, 5.74) is 1.54. The van der Waals surface area contributed by atoms with E-state index in [1.807, 2.05) is 44.2 Å². The molecule has 4 aromatic rings. The van der Waals surface area contributed by atoms with Gasteiger partial charge in [0.15, 0.2) is 0 Å². The number of carbonyl (C=O) groups excluding carboxylic acids is 2. The Bertz CT molecular complexity index is 1720. The van der Waals surface area contributed by atoms with Crippen LogP contribution in [0.5, 0.6) is 0 Å². The number of rotatable bonds is 13. The van der Waals surface area contributed by atoms with E-state index in [1.165, 1.54) is 35.2 Å². The smallest absolute Gasteiger partial charge is 0.264 e. The lowest BCUT2D eigenvalue weighted by Crippen LogP contribution is -2.53. The normalized spacial score (nSPS) is 12.0. The average molecular weight is 687 g/mol. The molecule has 0 unspecified atom stereocenters. The van der Waals surface area contributed by atoms with Crippen molar-refractivity contribution in [3.05, 3.63) is 129 Å². The van der Waals surface area contributed by atoms with E-state index in [9.17, 15) is 18.0 Å². The number of carbonyl (C=O) groups is 2. The minimum atomic E-state index is -4.31. The summed E-state index contributed by atoms with van der Waals surface area (Å²) in [6.07, 6.45) is 0.195. The van der Waals surface area contributed by atoms with Gasteiger partial charge in [-0.05, 0) is 59.5 Å². The predicted molar refractivity (Wildman–Crippen MR) is 181 cm³/mol. The van der Waals surface area contributed by atoms with Crippen molar-refractivity contribution in [2.75, 3.05) is 17.4 Å². The molecule has 0 aliphatic carbocycles. The van der Waals surface area contributed by atoms with Gasteiger partial charge >= 0.3 is 0 Å². The maximum Gasteiger partial charge on any atom is 0.264 e. The minimum Gasteiger partial charge on any atom is -0.354 e. The van der Waals surface area contributed by atoms with Crippen molar-refractivity contribution in [2.24, 2.45) is 5.92 Å². The number of hydrogen-bond acceptors (Lipinski definition) is 4. The van der Waals surface area contributed by atoms with Gasteiger partial charge in [-0.1, -0.05) is 109 Å². The molecular weight excluding hydrogens is 653 g/mol. The molecule has 11 heteroatoms. The number of hydrogen-bond donors (Lipinski definition) is 1. The lowest BCUT2D eigenvalue weighted by molar-refractivity contribution is -0.140. The van der Waals surface area contributed by atoms with Gasteiger partial charge in [-0.3, -0.25) is 13.9 Å². The number of anilines is 1. The highest BCUT2D eigenvalue weighted by molar-refractivity contribution is 7.92. The van der Waals surface area contributed by atoms with Gasteiger partial charge in [-0.2, -0.15) is 0 Å². The Balaban J connectivity index is 1.82. The standard InChI is InChI=1S/C34H34Cl3N3O4S/c1-24(2)21-38-34(42)32(19-25-10-5-3-6-11-25)39(22-26-12-9-13-27(35)18-26)33(41)23-40(31-20-28(36)16-17-30(31)37)45(43,44)29-14-7-4-8-15-29/h3-18,20,24,32H,19,21-23H2,1-2H3,(H,38,42)/t32-/m0/s1. The van der Waals surface area contributed by atoms with E-state index < -0.39 is 28.5 Å². The van der Waals surface area contributed by atoms with E-state index in [1.54, 1.807) is 42.5 Å². The summed E-state index contributed by atoms with van der Waals surface area (Å²) in [4.78, 5) is 29.7. The van der Waals surface area contributed by atoms with Crippen LogP contribution in [0.1, 0.15) is 25.0 Å². The van der Waals surface area contributed by atoms with Crippen LogP contribution in [0.15, 0.2) is 108 Å². The third-order valence-corrected chi connectivity index (χ3v) is 9.55. The number of sulfonamides is 1. The summed E-state index contributed by atoms with van der Waals surface area (Å²) in [5.74, 6) is -0.813. The second-order valence-corrected chi connectivity index (χ2v) is 14.1. The van der Waals surface area contributed by atoms with E-state index in [2.05, 4.69) is 5.32 Å². The highest BCUT2D eigenvalue weighted by atomic mass is 35.5. The van der Waals surface area contributed by atoms with Crippen molar-refractivity contribution >= 4 is 62.3 Å². The average Bonchev–Trinajstić information content (AvgIpc) is 3.02. The molecule has 0 fully saturated rings. The molecule has 0 aliphatic heterocycles. The van der Waals surface area contributed by atoms with Crippen molar-refractivity contribution in [3.8, 4) is 0 Å². The van der Waals surface area contributed by atoms with E-state index in [4.69, 9.17) is 34.8 Å². The van der Waals surface area contributed by atoms with Crippen molar-refractivity contribution < 1.29 is 18.0 Å². The van der Waals surface area contributed by atoms with E-state index >= 15 is 0 Å². The second kappa shape index (κ2) is 15.6. The molecule has 4 aromatic carbocycles. The molecule has 0 heterocycles. The zero-order chi connectivity index (χ0) is 32.6. The van der Waals surface area contributed by atoms with Crippen molar-refractivity contribution in [2.45, 2.75) is 37.8 Å². The maximum atomic E-state index is 14.5. The van der Waals surface area contributed by atoms with Gasteiger partial charge in [0.05, 0.1) is 15.6 Å². The zero-order valence-corrected chi connectivity index (χ0v) is 28.0. The predicted octanol–water partition coefficient (Wildman–Crippen LogP) is 7.25. The first kappa shape index (κ1) is 34.3. The monoisotopic (exact) mass is 685 g/mol. The Hall–Kier alpha value is -3.56. The van der Waals surface area contributed by atoms with Gasteiger partial charge in [0.25, 0.3) is 10.0 Å². The molecule has 0 aliphatic rings. The fourth-order valence-electron chi connectivity index (χ4n) is 4.72. The summed E-state index contributed by atoms with van der Waals surface area (Å²) >= 11 is 19.1. The van der Waals surface area contributed by atoms with Crippen molar-refractivity contribution in [1.29, 1.82) is 0 Å². The number of benzene rings is 4. The van der Waals surface area contributed by atoms with E-state index in [0.29, 0.717) is 17.1 Å². The first-order chi connectivity index (χ1) is 21.5. The number of halogens is 3. The second-order valence-electron chi connectivity index (χ2n) is 10.9. The van der Waals surface area contributed by atoms with E-state index in [0.717, 1.165) is 9.87 Å². The van der Waals surface area contributed by atoms with Crippen LogP contribution in [-0.4, -0.2) is 44.3 Å². The molecule has 7 nitrogen and oxygen atoms in total. The number of amides is 2. The first-order valence-electron chi connectivity index (χ1n) is 14.3. The van der Waals surface area contributed by atoms with Gasteiger partial charge in [0.2, 0.25) is 11.8 Å². The highest BCUT2D eigenvalue weighted by Crippen LogP contribution is 2.33. The minimum absolute atomic E-state index is 0.00546. The fraction of sp³-hybridized carbons (Fsp3) is 0.235. The Kier molecular flexibility index (Phi) is 11.9. The van der Waals surface area contributed by atoms with Gasteiger partial charge in [0.1, 0.15) is 12.6 Å². The number of nitrogens with one attached hydrogen (secondary N) is 1. The van der Waals surface area contributed by atoms with Gasteiger partial charge in [0, 0.05) is 29.6 Å². The summed E-state index contributed by atoms with van der Waals surface area (Å²) in [6.45, 7) is 3.69. The molecule has 2 amide bonds. The highest BCUT2D eigenvalue weighted by Gasteiger charge is 2.35. The van der Waals surface area contributed by atoms with Crippen LogP contribution in [0.4, 0.5) is 5.69 Å². The lowest BCUT2D eigenvalue weighted by atomic mass is 10.0. The van der Waals surface area contributed by atoms with Gasteiger partial charge in [-0.15, -0.1) is 0 Å². The van der Waals surface area contributed by atoms with E-state index in [-0.39, 0.29) is 45.4 Å². The molecule has 0 saturated heterocycles. The van der Waals surface area contributed by atoms with Crippen LogP contribution in [0.3, 0.4) is 0 Å². The van der Waals surface area contributed by atoms with Crippen LogP contribution in [0.25, 0.3) is 0 Å². The Morgan fingerprint density at radius 3 is 2.04 bits per heavy atom. The summed E-state index contributed by atoms with van der Waals surface area (Å²) < 4.78 is 29.1. The number of nitrogens with zero attached hydrogens (tertiary/aromatic N) is 2. The molecule has 45 heavy (non-hydrogen) atoms. The maximum absolute atomic E-state index is 14.5. The Morgan fingerprint density at radius 2 is 1.40 bits per heavy atom. The molecule has 0 spiro atoms. The summed E-state index contributed by atoms with van der Waals surface area (Å²) in [7, 11) is -4.31. The van der Waals surface area contributed by atoms with Crippen LogP contribution >= 0.6 is 34.8 Å². The molecule has 1 N–H and O–H groups in total. The first-order valence-corrected chi connectivity index (χ1v) is 16.9. The molecular formula is C34H34Cl3N3O4S. The molecule has 1 atom stereocenters. The molecule has 0 aromatic heterocycles. The molecule has 0 saturated carbocycles. The SMILES string of the molecule is CC(C)CNC(=O)[C@H](Cc1ccccc1)N(Cc1cccc(Cl)c1)C(=O)CN(c1cc(Cl)ccc1Cl)S(=O)(=O)c1ccccc1. The Labute approximate surface area is 279 Å². The van der Waals surface area contributed by atoms with Gasteiger partial charge < -0.3 is 10.2 Å². The third kappa shape index (κ3) is 9.23. The van der Waals surface area contributed by atoms with Crippen LogP contribution < -0.4 is 9.62 Å². The van der Waals surface area contributed by atoms with Gasteiger partial charge in [-0.25, -0.2) is 8.42 Å². The van der Waals surface area contributed by atoms with Crippen LogP contribution in [0, 0.1) is 5.92 Å².